The number of hydrogen-bond acceptors (Lipinski definition) is 1. The lowest BCUT2D eigenvalue weighted by Gasteiger charge is -2.21. The summed E-state index contributed by atoms with van der Waals surface area (Å²) in [6, 6.07) is 14.2. The van der Waals surface area contributed by atoms with E-state index in [1.54, 1.807) is 12.1 Å². The van der Waals surface area contributed by atoms with Crippen molar-refractivity contribution in [3.05, 3.63) is 63.6 Å². The Kier molecular flexibility index (Phi) is 7.55. The summed E-state index contributed by atoms with van der Waals surface area (Å²) in [7, 11) is 0. The first-order chi connectivity index (χ1) is 11.9. The number of rotatable bonds is 6. The average molecular weight is 395 g/mol. The molecular formula is C20H24Cl2N2S. The Morgan fingerprint density at radius 2 is 1.64 bits per heavy atom. The largest absolute Gasteiger partial charge is 0.356 e. The molecule has 0 spiro atoms. The highest BCUT2D eigenvalue weighted by Crippen LogP contribution is 2.26. The van der Waals surface area contributed by atoms with Gasteiger partial charge in [-0.25, -0.2) is 0 Å². The van der Waals surface area contributed by atoms with E-state index in [9.17, 15) is 0 Å². The summed E-state index contributed by atoms with van der Waals surface area (Å²) in [6.45, 7) is 6.60. The molecule has 0 saturated carbocycles. The molecule has 2 nitrogen and oxygen atoms in total. The van der Waals surface area contributed by atoms with Crippen molar-refractivity contribution in [3.8, 4) is 0 Å². The lowest BCUT2D eigenvalue weighted by molar-refractivity contribution is 0.628. The fourth-order valence-electron chi connectivity index (χ4n) is 2.62. The minimum absolute atomic E-state index is 0.150. The fourth-order valence-corrected chi connectivity index (χ4v) is 3.33. The van der Waals surface area contributed by atoms with Crippen molar-refractivity contribution in [1.82, 2.24) is 5.32 Å². The molecule has 2 atom stereocenters. The number of benzene rings is 2. The first-order valence-electron chi connectivity index (χ1n) is 8.57. The standard InChI is InChI=1S/C20H24Cl2N2S/c1-4-13(3)14-6-8-15(9-7-14)18(5-2)23-20(25)24-19-11-10-16(21)12-17(19)22/h6-13,18H,4-5H2,1-3H3,(H2,23,24,25). The molecule has 25 heavy (non-hydrogen) atoms. The first kappa shape index (κ1) is 20.0. The molecular weight excluding hydrogens is 371 g/mol. The predicted molar refractivity (Wildman–Crippen MR) is 114 cm³/mol. The topological polar surface area (TPSA) is 24.1 Å². The van der Waals surface area contributed by atoms with Gasteiger partial charge in [-0.15, -0.1) is 0 Å². The van der Waals surface area contributed by atoms with Crippen molar-refractivity contribution in [3.63, 3.8) is 0 Å². The number of hydrogen-bond donors (Lipinski definition) is 2. The molecule has 0 saturated heterocycles. The van der Waals surface area contributed by atoms with E-state index in [0.717, 1.165) is 18.5 Å². The molecule has 0 heterocycles. The van der Waals surface area contributed by atoms with Crippen LogP contribution in [0.4, 0.5) is 5.69 Å². The van der Waals surface area contributed by atoms with Gasteiger partial charge in [-0.05, 0) is 60.3 Å². The molecule has 0 aliphatic carbocycles. The van der Waals surface area contributed by atoms with Crippen LogP contribution in [0.2, 0.25) is 10.0 Å². The van der Waals surface area contributed by atoms with Crippen molar-refractivity contribution in [2.45, 2.75) is 45.6 Å². The third kappa shape index (κ3) is 5.60. The van der Waals surface area contributed by atoms with Crippen molar-refractivity contribution in [1.29, 1.82) is 0 Å². The molecule has 2 unspecified atom stereocenters. The Morgan fingerprint density at radius 3 is 2.20 bits per heavy atom. The molecule has 0 amide bonds. The number of nitrogens with one attached hydrogen (secondary N) is 2. The average Bonchev–Trinajstić information content (AvgIpc) is 2.61. The quantitative estimate of drug-likeness (QED) is 0.518. The van der Waals surface area contributed by atoms with Gasteiger partial charge in [0.05, 0.1) is 16.8 Å². The third-order valence-corrected chi connectivity index (χ3v) is 5.18. The summed E-state index contributed by atoms with van der Waals surface area (Å²) in [5, 5.41) is 8.19. The van der Waals surface area contributed by atoms with Gasteiger partial charge in [-0.2, -0.15) is 0 Å². The van der Waals surface area contributed by atoms with Gasteiger partial charge in [0.25, 0.3) is 0 Å². The third-order valence-electron chi connectivity index (χ3n) is 4.41. The second kappa shape index (κ2) is 9.42. The predicted octanol–water partition coefficient (Wildman–Crippen LogP) is 6.94. The van der Waals surface area contributed by atoms with Crippen LogP contribution in [0.25, 0.3) is 0 Å². The van der Waals surface area contributed by atoms with Crippen LogP contribution in [0.3, 0.4) is 0 Å². The molecule has 0 radical (unpaired) electrons. The maximum atomic E-state index is 6.19. The van der Waals surface area contributed by atoms with Gasteiger partial charge >= 0.3 is 0 Å². The molecule has 134 valence electrons. The second-order valence-electron chi connectivity index (χ2n) is 6.16. The first-order valence-corrected chi connectivity index (χ1v) is 9.73. The van der Waals surface area contributed by atoms with Crippen molar-refractivity contribution >= 4 is 46.2 Å². The highest BCUT2D eigenvalue weighted by Gasteiger charge is 2.12. The van der Waals surface area contributed by atoms with Gasteiger partial charge in [0.1, 0.15) is 0 Å². The number of thiocarbonyl (C=S) groups is 1. The van der Waals surface area contributed by atoms with Crippen LogP contribution in [-0.4, -0.2) is 5.11 Å². The van der Waals surface area contributed by atoms with Crippen molar-refractivity contribution in [2.24, 2.45) is 0 Å². The summed E-state index contributed by atoms with van der Waals surface area (Å²) in [6.07, 6.45) is 2.07. The highest BCUT2D eigenvalue weighted by molar-refractivity contribution is 7.80. The van der Waals surface area contributed by atoms with Gasteiger partial charge in [-0.3, -0.25) is 0 Å². The Balaban J connectivity index is 2.04. The van der Waals surface area contributed by atoms with E-state index in [4.69, 9.17) is 35.4 Å². The van der Waals surface area contributed by atoms with Crippen molar-refractivity contribution < 1.29 is 0 Å². The van der Waals surface area contributed by atoms with E-state index >= 15 is 0 Å². The monoisotopic (exact) mass is 394 g/mol. The summed E-state index contributed by atoms with van der Waals surface area (Å²) in [4.78, 5) is 0. The molecule has 0 aliphatic rings. The normalized spacial score (nSPS) is 13.2. The zero-order chi connectivity index (χ0) is 18.4. The van der Waals surface area contributed by atoms with E-state index in [1.807, 2.05) is 6.07 Å². The summed E-state index contributed by atoms with van der Waals surface area (Å²) in [5.74, 6) is 0.580. The van der Waals surface area contributed by atoms with E-state index in [2.05, 4.69) is 55.7 Å². The lowest BCUT2D eigenvalue weighted by Crippen LogP contribution is -2.32. The summed E-state index contributed by atoms with van der Waals surface area (Å²) >= 11 is 17.6. The van der Waals surface area contributed by atoms with E-state index in [1.165, 1.54) is 11.1 Å². The van der Waals surface area contributed by atoms with Crippen LogP contribution < -0.4 is 10.6 Å². The van der Waals surface area contributed by atoms with Gasteiger partial charge < -0.3 is 10.6 Å². The zero-order valence-electron chi connectivity index (χ0n) is 14.8. The number of anilines is 1. The van der Waals surface area contributed by atoms with Crippen LogP contribution in [0, 0.1) is 0 Å². The Hall–Kier alpha value is -1.29. The van der Waals surface area contributed by atoms with Gasteiger partial charge in [0.15, 0.2) is 5.11 Å². The SMILES string of the molecule is CCC(C)c1ccc(C(CC)NC(=S)Nc2ccc(Cl)cc2Cl)cc1. The Bertz CT molecular complexity index is 716. The number of halogens is 2. The summed E-state index contributed by atoms with van der Waals surface area (Å²) < 4.78 is 0. The molecule has 0 fully saturated rings. The van der Waals surface area contributed by atoms with Crippen molar-refractivity contribution in [2.75, 3.05) is 5.32 Å². The van der Waals surface area contributed by atoms with Crippen LogP contribution in [-0.2, 0) is 0 Å². The minimum atomic E-state index is 0.150. The molecule has 2 aromatic carbocycles. The van der Waals surface area contributed by atoms with Crippen LogP contribution in [0.5, 0.6) is 0 Å². The Labute approximate surface area is 165 Å². The van der Waals surface area contributed by atoms with E-state index < -0.39 is 0 Å². The van der Waals surface area contributed by atoms with E-state index in [0.29, 0.717) is 21.1 Å². The Morgan fingerprint density at radius 1 is 1.00 bits per heavy atom. The lowest BCUT2D eigenvalue weighted by atomic mass is 9.95. The molecule has 2 rings (SSSR count). The fraction of sp³-hybridized carbons (Fsp3) is 0.350. The zero-order valence-corrected chi connectivity index (χ0v) is 17.1. The molecule has 0 aliphatic heterocycles. The molecule has 0 bridgehead atoms. The van der Waals surface area contributed by atoms with Crippen LogP contribution in [0.1, 0.15) is 56.7 Å². The van der Waals surface area contributed by atoms with Crippen LogP contribution in [0.15, 0.2) is 42.5 Å². The van der Waals surface area contributed by atoms with Gasteiger partial charge in [0, 0.05) is 5.02 Å². The molecule has 2 aromatic rings. The summed E-state index contributed by atoms with van der Waals surface area (Å²) in [5.41, 5.74) is 3.33. The second-order valence-corrected chi connectivity index (χ2v) is 7.41. The van der Waals surface area contributed by atoms with E-state index in [-0.39, 0.29) is 6.04 Å². The molecule has 5 heteroatoms. The highest BCUT2D eigenvalue weighted by atomic mass is 35.5. The maximum absolute atomic E-state index is 6.19. The smallest absolute Gasteiger partial charge is 0.171 e. The van der Waals surface area contributed by atoms with Gasteiger partial charge in [0.2, 0.25) is 0 Å². The van der Waals surface area contributed by atoms with Crippen LogP contribution >= 0.6 is 35.4 Å². The minimum Gasteiger partial charge on any atom is -0.356 e. The van der Waals surface area contributed by atoms with Gasteiger partial charge in [-0.1, -0.05) is 68.2 Å². The molecule has 0 aromatic heterocycles. The maximum Gasteiger partial charge on any atom is 0.171 e. The molecule has 2 N–H and O–H groups in total.